The van der Waals surface area contributed by atoms with Gasteiger partial charge in [-0.3, -0.25) is 4.79 Å². The Bertz CT molecular complexity index is 1180. The quantitative estimate of drug-likeness (QED) is 0.541. The first-order chi connectivity index (χ1) is 14.5. The van der Waals surface area contributed by atoms with E-state index in [1.807, 2.05) is 6.92 Å². The van der Waals surface area contributed by atoms with Gasteiger partial charge >= 0.3 is 0 Å². The Kier molecular flexibility index (Phi) is 6.87. The summed E-state index contributed by atoms with van der Waals surface area (Å²) in [6.07, 6.45) is 2.25. The second-order valence-corrected chi connectivity index (χ2v) is 11.7. The largest absolute Gasteiger partial charge is 0.494 e. The highest BCUT2D eigenvalue weighted by Crippen LogP contribution is 2.25. The molecule has 2 heterocycles. The molecule has 0 bridgehead atoms. The van der Waals surface area contributed by atoms with E-state index in [-0.39, 0.29) is 35.2 Å². The molecule has 0 N–H and O–H groups in total. The van der Waals surface area contributed by atoms with Gasteiger partial charge in [0.05, 0.1) is 29.3 Å². The maximum Gasteiger partial charge on any atom is 0.274 e. The summed E-state index contributed by atoms with van der Waals surface area (Å²) in [5, 5.41) is -0.643. The van der Waals surface area contributed by atoms with Crippen LogP contribution >= 0.6 is 11.6 Å². The number of halogens is 1. The number of sulfone groups is 2. The number of carbonyl (C=O) groups is 1. The fraction of sp³-hybridized carbons (Fsp3) is 0.421. The van der Waals surface area contributed by atoms with Crippen molar-refractivity contribution in [2.24, 2.45) is 0 Å². The zero-order chi connectivity index (χ0) is 22.8. The Balaban J connectivity index is 1.97. The molecule has 1 aromatic carbocycles. The summed E-state index contributed by atoms with van der Waals surface area (Å²) in [4.78, 5) is 22.3. The minimum absolute atomic E-state index is 0.0309. The number of amides is 1. The monoisotopic (exact) mass is 487 g/mol. The number of hydrogen-bond acceptors (Lipinski definition) is 8. The molecule has 0 radical (unpaired) electrons. The number of carbonyl (C=O) groups excluding carboxylic acids is 1. The highest BCUT2D eigenvalue weighted by Gasteiger charge is 2.36. The van der Waals surface area contributed by atoms with Gasteiger partial charge in [0.15, 0.2) is 15.5 Å². The molecule has 12 heteroatoms. The minimum Gasteiger partial charge on any atom is -0.494 e. The molecule has 1 fully saturated rings. The predicted octanol–water partition coefficient (Wildman–Crippen LogP) is 1.76. The Hall–Kier alpha value is -2.24. The van der Waals surface area contributed by atoms with E-state index in [1.54, 1.807) is 24.3 Å². The van der Waals surface area contributed by atoms with Gasteiger partial charge in [0.2, 0.25) is 15.0 Å². The van der Waals surface area contributed by atoms with Gasteiger partial charge in [0.1, 0.15) is 5.75 Å². The molecule has 1 amide bonds. The van der Waals surface area contributed by atoms with Crippen LogP contribution in [0.2, 0.25) is 5.02 Å². The van der Waals surface area contributed by atoms with Crippen molar-refractivity contribution >= 4 is 37.2 Å². The van der Waals surface area contributed by atoms with Crippen LogP contribution in [0.5, 0.6) is 5.75 Å². The smallest absolute Gasteiger partial charge is 0.274 e. The second-order valence-electron chi connectivity index (χ2n) is 7.19. The normalized spacial score (nSPS) is 18.0. The highest BCUT2D eigenvalue weighted by molar-refractivity contribution is 7.91. The van der Waals surface area contributed by atoms with Crippen LogP contribution in [0.1, 0.15) is 29.4 Å². The molecule has 0 saturated carbocycles. The third-order valence-corrected chi connectivity index (χ3v) is 7.64. The lowest BCUT2D eigenvalue weighted by atomic mass is 10.1. The van der Waals surface area contributed by atoms with Gasteiger partial charge < -0.3 is 9.64 Å². The standard InChI is InChI=1S/C19H22ClN3O6S2/c1-3-29-15-6-4-13(5-7-15)11-23(14-8-9-31(27,28)12-14)18(24)17-16(20)10-21-19(22-17)30(2,25)26/h4-7,10,14H,3,8-9,11-12H2,1-2H3/t14-/m0/s1. The first-order valence-corrected chi connectivity index (χ1v) is 13.5. The van der Waals surface area contributed by atoms with Crippen molar-refractivity contribution in [2.45, 2.75) is 31.1 Å². The first kappa shape index (κ1) is 23.4. The van der Waals surface area contributed by atoms with Crippen molar-refractivity contribution < 1.29 is 26.4 Å². The molecule has 168 valence electrons. The fourth-order valence-electron chi connectivity index (χ4n) is 3.26. The fourth-order valence-corrected chi connectivity index (χ4v) is 5.66. The summed E-state index contributed by atoms with van der Waals surface area (Å²) in [5.74, 6) is -0.202. The Labute approximate surface area is 186 Å². The van der Waals surface area contributed by atoms with Gasteiger partial charge in [0, 0.05) is 18.8 Å². The Morgan fingerprint density at radius 3 is 2.52 bits per heavy atom. The molecular formula is C19H22ClN3O6S2. The summed E-state index contributed by atoms with van der Waals surface area (Å²) in [5.41, 5.74) is 0.460. The van der Waals surface area contributed by atoms with Crippen LogP contribution in [-0.2, 0) is 26.2 Å². The zero-order valence-corrected chi connectivity index (χ0v) is 19.4. The lowest BCUT2D eigenvalue weighted by molar-refractivity contribution is 0.0674. The molecule has 1 aliphatic heterocycles. The third-order valence-electron chi connectivity index (χ3n) is 4.75. The maximum absolute atomic E-state index is 13.4. The average molecular weight is 488 g/mol. The molecular weight excluding hydrogens is 466 g/mol. The van der Waals surface area contributed by atoms with E-state index in [4.69, 9.17) is 16.3 Å². The maximum atomic E-state index is 13.4. The van der Waals surface area contributed by atoms with E-state index >= 15 is 0 Å². The van der Waals surface area contributed by atoms with Crippen molar-refractivity contribution in [3.8, 4) is 5.75 Å². The van der Waals surface area contributed by atoms with Crippen molar-refractivity contribution in [2.75, 3.05) is 24.4 Å². The van der Waals surface area contributed by atoms with E-state index in [0.29, 0.717) is 12.4 Å². The van der Waals surface area contributed by atoms with Crippen LogP contribution in [0.25, 0.3) is 0 Å². The highest BCUT2D eigenvalue weighted by atomic mass is 35.5. The molecule has 0 aliphatic carbocycles. The molecule has 1 aliphatic rings. The topological polar surface area (TPSA) is 124 Å². The van der Waals surface area contributed by atoms with Crippen LogP contribution < -0.4 is 4.74 Å². The molecule has 2 aromatic rings. The van der Waals surface area contributed by atoms with Crippen LogP contribution in [0.15, 0.2) is 35.6 Å². The van der Waals surface area contributed by atoms with E-state index in [2.05, 4.69) is 9.97 Å². The van der Waals surface area contributed by atoms with Gasteiger partial charge in [-0.05, 0) is 31.0 Å². The van der Waals surface area contributed by atoms with Crippen LogP contribution in [0.4, 0.5) is 0 Å². The summed E-state index contributed by atoms with van der Waals surface area (Å²) in [7, 11) is -7.05. The van der Waals surface area contributed by atoms with E-state index in [0.717, 1.165) is 18.0 Å². The van der Waals surface area contributed by atoms with Gasteiger partial charge in [-0.25, -0.2) is 26.8 Å². The lowest BCUT2D eigenvalue weighted by Gasteiger charge is -2.28. The van der Waals surface area contributed by atoms with E-state index in [9.17, 15) is 21.6 Å². The summed E-state index contributed by atoms with van der Waals surface area (Å²) in [6, 6.07) is 6.48. The summed E-state index contributed by atoms with van der Waals surface area (Å²) < 4.78 is 53.1. The van der Waals surface area contributed by atoms with Crippen molar-refractivity contribution in [3.63, 3.8) is 0 Å². The van der Waals surface area contributed by atoms with E-state index < -0.39 is 36.8 Å². The first-order valence-electron chi connectivity index (χ1n) is 9.46. The number of hydrogen-bond donors (Lipinski definition) is 0. The summed E-state index contributed by atoms with van der Waals surface area (Å²) >= 11 is 6.10. The zero-order valence-electron chi connectivity index (χ0n) is 17.0. The molecule has 1 saturated heterocycles. The lowest BCUT2D eigenvalue weighted by Crippen LogP contribution is -2.41. The van der Waals surface area contributed by atoms with Crippen LogP contribution in [0, 0.1) is 0 Å². The molecule has 0 spiro atoms. The van der Waals surface area contributed by atoms with Crippen molar-refractivity contribution in [1.82, 2.24) is 14.9 Å². The number of nitrogens with zero attached hydrogens (tertiary/aromatic N) is 3. The molecule has 0 unspecified atom stereocenters. The molecule has 31 heavy (non-hydrogen) atoms. The van der Waals surface area contributed by atoms with Gasteiger partial charge in [0.25, 0.3) is 5.91 Å². The van der Waals surface area contributed by atoms with Crippen LogP contribution in [-0.4, -0.2) is 68.0 Å². The van der Waals surface area contributed by atoms with Gasteiger partial charge in [-0.15, -0.1) is 0 Å². The average Bonchev–Trinajstić information content (AvgIpc) is 3.06. The minimum atomic E-state index is -3.77. The number of benzene rings is 1. The van der Waals surface area contributed by atoms with E-state index in [1.165, 1.54) is 4.90 Å². The van der Waals surface area contributed by atoms with Gasteiger partial charge in [-0.1, -0.05) is 23.7 Å². The number of ether oxygens (including phenoxy) is 1. The van der Waals surface area contributed by atoms with Crippen molar-refractivity contribution in [3.05, 3.63) is 46.7 Å². The molecule has 1 atom stereocenters. The number of rotatable bonds is 7. The SMILES string of the molecule is CCOc1ccc(CN(C(=O)c2nc(S(C)(=O)=O)ncc2Cl)[C@H]2CCS(=O)(=O)C2)cc1. The molecule has 3 rings (SSSR count). The Morgan fingerprint density at radius 1 is 1.29 bits per heavy atom. The third kappa shape index (κ3) is 5.72. The predicted molar refractivity (Wildman–Crippen MR) is 115 cm³/mol. The van der Waals surface area contributed by atoms with Crippen molar-refractivity contribution in [1.29, 1.82) is 0 Å². The van der Waals surface area contributed by atoms with Gasteiger partial charge in [-0.2, -0.15) is 0 Å². The second kappa shape index (κ2) is 9.09. The molecule has 1 aromatic heterocycles. The summed E-state index contributed by atoms with van der Waals surface area (Å²) in [6.45, 7) is 2.48. The Morgan fingerprint density at radius 2 is 1.97 bits per heavy atom. The number of aromatic nitrogens is 2. The van der Waals surface area contributed by atoms with Crippen LogP contribution in [0.3, 0.4) is 0 Å². The molecule has 9 nitrogen and oxygen atoms in total.